The number of hydrogen-bond donors (Lipinski definition) is 0. The highest BCUT2D eigenvalue weighted by Gasteiger charge is 2.53. The van der Waals surface area contributed by atoms with E-state index in [1.54, 1.807) is 22.8 Å². The molecule has 2 bridgehead atoms. The summed E-state index contributed by atoms with van der Waals surface area (Å²) in [6, 6.07) is 11.1. The van der Waals surface area contributed by atoms with E-state index in [2.05, 4.69) is 0 Å². The first-order valence-electron chi connectivity index (χ1n) is 8.63. The number of thiophene rings is 1. The second kappa shape index (κ2) is 5.74. The van der Waals surface area contributed by atoms with Crippen molar-refractivity contribution in [3.05, 3.63) is 71.9 Å². The van der Waals surface area contributed by atoms with Gasteiger partial charge >= 0.3 is 0 Å². The average Bonchev–Trinajstić information content (AvgIpc) is 3.22. The van der Waals surface area contributed by atoms with Crippen LogP contribution in [-0.4, -0.2) is 16.1 Å². The molecule has 2 aliphatic rings. The minimum Gasteiger partial charge on any atom is -0.465 e. The molecule has 0 N–H and O–H groups in total. The summed E-state index contributed by atoms with van der Waals surface area (Å²) in [4.78, 5) is 32.2. The predicted octanol–water partition coefficient (Wildman–Crippen LogP) is 2.34. The molecular weight excluding hydrogens is 380 g/mol. The van der Waals surface area contributed by atoms with Crippen LogP contribution in [0.25, 0.3) is 6.08 Å². The fourth-order valence-corrected chi connectivity index (χ4v) is 5.88. The fraction of sp³-hybridized carbons (Fsp3) is 0.250. The largest absolute Gasteiger partial charge is 0.465 e. The number of rotatable bonds is 2. The number of ether oxygens (including phenoxy) is 1. The van der Waals surface area contributed by atoms with Crippen LogP contribution in [0, 0.1) is 5.92 Å². The number of carbonyl (C=O) groups is 1. The Balaban J connectivity index is 1.85. The number of benzene rings is 1. The van der Waals surface area contributed by atoms with Crippen molar-refractivity contribution in [1.82, 2.24) is 4.57 Å². The van der Waals surface area contributed by atoms with Crippen LogP contribution in [0.4, 0.5) is 0 Å². The van der Waals surface area contributed by atoms with Gasteiger partial charge in [0.2, 0.25) is 5.72 Å². The minimum atomic E-state index is -1.01. The van der Waals surface area contributed by atoms with E-state index in [1.165, 1.54) is 11.3 Å². The first-order valence-corrected chi connectivity index (χ1v) is 10.3. The van der Waals surface area contributed by atoms with Crippen molar-refractivity contribution in [3.63, 3.8) is 0 Å². The Morgan fingerprint density at radius 3 is 2.85 bits per heavy atom. The van der Waals surface area contributed by atoms with E-state index < -0.39 is 17.7 Å². The number of hydrogen-bond acceptors (Lipinski definition) is 6. The van der Waals surface area contributed by atoms with E-state index in [1.807, 2.05) is 54.8 Å². The molecule has 2 aliphatic heterocycles. The van der Waals surface area contributed by atoms with Crippen molar-refractivity contribution in [2.45, 2.75) is 25.6 Å². The number of ketones is 1. The van der Waals surface area contributed by atoms with Gasteiger partial charge in [-0.3, -0.25) is 14.2 Å². The van der Waals surface area contributed by atoms with Crippen molar-refractivity contribution in [1.29, 1.82) is 0 Å². The highest BCUT2D eigenvalue weighted by molar-refractivity contribution is 7.11. The van der Waals surface area contributed by atoms with Gasteiger partial charge in [-0.15, -0.1) is 11.3 Å². The van der Waals surface area contributed by atoms with Crippen LogP contribution in [0.1, 0.15) is 30.3 Å². The normalized spacial score (nSPS) is 25.9. The van der Waals surface area contributed by atoms with E-state index in [4.69, 9.17) is 9.73 Å². The molecule has 3 unspecified atom stereocenters. The Bertz CT molecular complexity index is 1240. The molecule has 27 heavy (non-hydrogen) atoms. The summed E-state index contributed by atoms with van der Waals surface area (Å²) in [6.07, 6.45) is 1.89. The SMILES string of the molecule is CC(=O)C1C2c3ccccc3OC1(C)N=c1s/c(=C/c3cccs3)c(=O)n12. The third kappa shape index (κ3) is 2.38. The molecule has 7 heteroatoms. The van der Waals surface area contributed by atoms with Gasteiger partial charge in [0, 0.05) is 10.4 Å². The monoisotopic (exact) mass is 396 g/mol. The summed E-state index contributed by atoms with van der Waals surface area (Å²) >= 11 is 2.93. The van der Waals surface area contributed by atoms with Crippen LogP contribution in [0.2, 0.25) is 0 Å². The van der Waals surface area contributed by atoms with E-state index in [-0.39, 0.29) is 11.3 Å². The van der Waals surface area contributed by atoms with Gasteiger partial charge in [-0.1, -0.05) is 35.6 Å². The third-order valence-electron chi connectivity index (χ3n) is 5.13. The molecule has 3 aromatic rings. The Kier molecular flexibility index (Phi) is 3.54. The lowest BCUT2D eigenvalue weighted by Crippen LogP contribution is -2.58. The lowest BCUT2D eigenvalue weighted by atomic mass is 9.79. The first-order chi connectivity index (χ1) is 13.0. The Morgan fingerprint density at radius 2 is 2.11 bits per heavy atom. The number of para-hydroxylation sites is 1. The molecule has 1 aromatic carbocycles. The second-order valence-corrected chi connectivity index (χ2v) is 8.91. The third-order valence-corrected chi connectivity index (χ3v) is 6.94. The molecule has 0 spiro atoms. The zero-order chi connectivity index (χ0) is 18.8. The Hall–Kier alpha value is -2.51. The molecule has 0 saturated heterocycles. The van der Waals surface area contributed by atoms with E-state index in [0.29, 0.717) is 15.1 Å². The number of carbonyl (C=O) groups excluding carboxylic acids is 1. The number of nitrogens with zero attached hydrogens (tertiary/aromatic N) is 2. The zero-order valence-electron chi connectivity index (χ0n) is 14.7. The standard InChI is InChI=1S/C20H16N2O3S2/c1-11(23)16-17-13-7-3-4-8-14(13)25-20(16,2)21-19-22(17)18(24)15(27-19)10-12-6-5-9-26-12/h3-10,16-17H,1-2H3/b15-10+. The molecule has 2 aromatic heterocycles. The van der Waals surface area contributed by atoms with Crippen molar-refractivity contribution in [2.24, 2.45) is 10.9 Å². The van der Waals surface area contributed by atoms with Crippen molar-refractivity contribution in [3.8, 4) is 5.75 Å². The highest BCUT2D eigenvalue weighted by atomic mass is 32.1. The molecule has 4 heterocycles. The Morgan fingerprint density at radius 1 is 1.30 bits per heavy atom. The van der Waals surface area contributed by atoms with Crippen molar-refractivity contribution < 1.29 is 9.53 Å². The first kappa shape index (κ1) is 16.6. The molecule has 0 saturated carbocycles. The maximum absolute atomic E-state index is 13.3. The predicted molar refractivity (Wildman–Crippen MR) is 105 cm³/mol. The van der Waals surface area contributed by atoms with Crippen LogP contribution < -0.4 is 19.6 Å². The van der Waals surface area contributed by atoms with Gasteiger partial charge in [0.25, 0.3) is 5.56 Å². The van der Waals surface area contributed by atoms with Crippen LogP contribution in [-0.2, 0) is 4.79 Å². The molecule has 0 fully saturated rings. The number of aromatic nitrogens is 1. The van der Waals surface area contributed by atoms with Gasteiger partial charge < -0.3 is 4.74 Å². The fourth-order valence-electron chi connectivity index (χ4n) is 4.06. The smallest absolute Gasteiger partial charge is 0.270 e. The van der Waals surface area contributed by atoms with Crippen molar-refractivity contribution >= 4 is 34.5 Å². The lowest BCUT2D eigenvalue weighted by molar-refractivity contribution is -0.132. The van der Waals surface area contributed by atoms with Gasteiger partial charge in [0.1, 0.15) is 17.5 Å². The highest BCUT2D eigenvalue weighted by Crippen LogP contribution is 2.47. The molecule has 5 rings (SSSR count). The number of fused-ring (bicyclic) bond motifs is 6. The average molecular weight is 396 g/mol. The maximum Gasteiger partial charge on any atom is 0.270 e. The molecule has 136 valence electrons. The summed E-state index contributed by atoms with van der Waals surface area (Å²) in [5.41, 5.74) is -0.265. The van der Waals surface area contributed by atoms with Gasteiger partial charge in [-0.05, 0) is 37.4 Å². The summed E-state index contributed by atoms with van der Waals surface area (Å²) < 4.78 is 8.47. The van der Waals surface area contributed by atoms with Crippen LogP contribution in [0.5, 0.6) is 5.75 Å². The molecule has 3 atom stereocenters. The van der Waals surface area contributed by atoms with Crippen LogP contribution in [0.15, 0.2) is 51.6 Å². The number of thiazole rings is 1. The molecule has 0 radical (unpaired) electrons. The topological polar surface area (TPSA) is 60.7 Å². The maximum atomic E-state index is 13.3. The summed E-state index contributed by atoms with van der Waals surface area (Å²) in [5.74, 6) is 0.105. The zero-order valence-corrected chi connectivity index (χ0v) is 16.3. The van der Waals surface area contributed by atoms with Crippen LogP contribution >= 0.6 is 22.7 Å². The second-order valence-electron chi connectivity index (χ2n) is 6.92. The summed E-state index contributed by atoms with van der Waals surface area (Å²) in [5, 5.41) is 1.98. The van der Waals surface area contributed by atoms with Gasteiger partial charge in [0.05, 0.1) is 10.6 Å². The number of Topliss-reactive ketones (excluding diaryl/α,β-unsaturated/α-hetero) is 1. The summed E-state index contributed by atoms with van der Waals surface area (Å²) in [7, 11) is 0. The van der Waals surface area contributed by atoms with Crippen LogP contribution in [0.3, 0.4) is 0 Å². The van der Waals surface area contributed by atoms with Gasteiger partial charge in [-0.2, -0.15) is 0 Å². The lowest BCUT2D eigenvalue weighted by Gasteiger charge is -2.45. The van der Waals surface area contributed by atoms with E-state index in [9.17, 15) is 9.59 Å². The quantitative estimate of drug-likeness (QED) is 0.668. The van der Waals surface area contributed by atoms with Gasteiger partial charge in [-0.25, -0.2) is 4.99 Å². The molecule has 0 amide bonds. The molecule has 5 nitrogen and oxygen atoms in total. The van der Waals surface area contributed by atoms with Crippen molar-refractivity contribution in [2.75, 3.05) is 0 Å². The summed E-state index contributed by atoms with van der Waals surface area (Å²) in [6.45, 7) is 3.38. The molecule has 0 aliphatic carbocycles. The van der Waals surface area contributed by atoms with E-state index in [0.717, 1.165) is 10.4 Å². The van der Waals surface area contributed by atoms with Gasteiger partial charge in [0.15, 0.2) is 4.80 Å². The minimum absolute atomic E-state index is 0.0340. The Labute approximate surface area is 162 Å². The molecular formula is C20H16N2O3S2. The van der Waals surface area contributed by atoms with E-state index >= 15 is 0 Å².